The van der Waals surface area contributed by atoms with Gasteiger partial charge >= 0.3 is 0 Å². The Morgan fingerprint density at radius 2 is 1.74 bits per heavy atom. The number of benzene rings is 2. The number of hydrogen-bond donors (Lipinski definition) is 1. The molecule has 2 aromatic carbocycles. The van der Waals surface area contributed by atoms with E-state index in [9.17, 15) is 9.59 Å². The lowest BCUT2D eigenvalue weighted by atomic mass is 10.1. The van der Waals surface area contributed by atoms with Crippen LogP contribution in [-0.4, -0.2) is 18.9 Å². The Hall–Kier alpha value is -2.63. The molecule has 4 nitrogen and oxygen atoms in total. The largest absolute Gasteiger partial charge is 0.345 e. The predicted octanol–water partition coefficient (Wildman–Crippen LogP) is 5.17. The van der Waals surface area contributed by atoms with Crippen LogP contribution in [-0.2, 0) is 0 Å². The molecule has 0 saturated heterocycles. The third-order valence-corrected chi connectivity index (χ3v) is 5.37. The fourth-order valence-electron chi connectivity index (χ4n) is 2.74. The van der Waals surface area contributed by atoms with Crippen LogP contribution in [0.4, 0.5) is 5.69 Å². The second kappa shape index (κ2) is 8.37. The van der Waals surface area contributed by atoms with Crippen molar-refractivity contribution in [2.45, 2.75) is 13.0 Å². The Balaban J connectivity index is 1.81. The maximum atomic E-state index is 12.9. The van der Waals surface area contributed by atoms with Gasteiger partial charge in [-0.05, 0) is 48.2 Å². The number of hydrogen-bond acceptors (Lipinski definition) is 3. The Bertz CT molecular complexity index is 939. The molecule has 0 radical (unpaired) electrons. The molecule has 0 aliphatic heterocycles. The first-order chi connectivity index (χ1) is 13.0. The summed E-state index contributed by atoms with van der Waals surface area (Å²) in [7, 11) is 1.68. The number of nitrogens with one attached hydrogen (secondary N) is 1. The quantitative estimate of drug-likeness (QED) is 0.644. The summed E-state index contributed by atoms with van der Waals surface area (Å²) in [5.41, 5.74) is 1.97. The average Bonchev–Trinajstić information content (AvgIpc) is 3.22. The summed E-state index contributed by atoms with van der Waals surface area (Å²) in [5, 5.41) is 5.49. The van der Waals surface area contributed by atoms with E-state index in [-0.39, 0.29) is 17.9 Å². The number of carbonyl (C=O) groups is 2. The highest BCUT2D eigenvalue weighted by atomic mass is 35.5. The normalized spacial score (nSPS) is 11.7. The van der Waals surface area contributed by atoms with Crippen molar-refractivity contribution in [3.8, 4) is 0 Å². The smallest absolute Gasteiger partial charge is 0.268 e. The van der Waals surface area contributed by atoms with Crippen LogP contribution in [0.2, 0.25) is 5.02 Å². The third kappa shape index (κ3) is 4.38. The van der Waals surface area contributed by atoms with E-state index < -0.39 is 0 Å². The van der Waals surface area contributed by atoms with Crippen molar-refractivity contribution >= 4 is 40.4 Å². The van der Waals surface area contributed by atoms with Crippen molar-refractivity contribution in [1.29, 1.82) is 0 Å². The molecule has 0 bridgehead atoms. The standard InChI is InChI=1S/C21H19ClN2O2S/c1-14(15-9-11-16(22)12-10-15)23-20(25)17-6-3-4-7-18(17)24(2)21(26)19-8-5-13-27-19/h3-14H,1-2H3,(H,23,25)/t14-/m1/s1. The van der Waals surface area contributed by atoms with Crippen LogP contribution in [0.1, 0.15) is 38.6 Å². The van der Waals surface area contributed by atoms with Crippen molar-refractivity contribution in [1.82, 2.24) is 5.32 Å². The van der Waals surface area contributed by atoms with Crippen LogP contribution >= 0.6 is 22.9 Å². The molecule has 1 atom stereocenters. The zero-order valence-corrected chi connectivity index (χ0v) is 16.6. The molecule has 6 heteroatoms. The molecule has 0 fully saturated rings. The van der Waals surface area contributed by atoms with Gasteiger partial charge in [-0.2, -0.15) is 0 Å². The van der Waals surface area contributed by atoms with Crippen molar-refractivity contribution < 1.29 is 9.59 Å². The Morgan fingerprint density at radius 3 is 2.41 bits per heavy atom. The van der Waals surface area contributed by atoms with Crippen LogP contribution in [0.3, 0.4) is 0 Å². The number of para-hydroxylation sites is 1. The minimum atomic E-state index is -0.237. The maximum Gasteiger partial charge on any atom is 0.268 e. The average molecular weight is 399 g/mol. The molecule has 1 heterocycles. The van der Waals surface area contributed by atoms with Gasteiger partial charge in [0.05, 0.1) is 22.2 Å². The third-order valence-electron chi connectivity index (χ3n) is 4.26. The highest BCUT2D eigenvalue weighted by Gasteiger charge is 2.21. The van der Waals surface area contributed by atoms with Crippen molar-refractivity contribution in [3.05, 3.63) is 87.1 Å². The highest BCUT2D eigenvalue weighted by molar-refractivity contribution is 7.12. The molecular weight excluding hydrogens is 380 g/mol. The number of carbonyl (C=O) groups excluding carboxylic acids is 2. The first kappa shape index (κ1) is 19.1. The number of anilines is 1. The van der Waals surface area contributed by atoms with Gasteiger partial charge in [0.25, 0.3) is 11.8 Å². The van der Waals surface area contributed by atoms with E-state index in [1.165, 1.54) is 16.2 Å². The van der Waals surface area contributed by atoms with Gasteiger partial charge in [0.15, 0.2) is 0 Å². The SMILES string of the molecule is C[C@@H](NC(=O)c1ccccc1N(C)C(=O)c1cccs1)c1ccc(Cl)cc1. The minimum Gasteiger partial charge on any atom is -0.345 e. The van der Waals surface area contributed by atoms with Crippen molar-refractivity contribution in [2.75, 3.05) is 11.9 Å². The molecule has 0 saturated carbocycles. The van der Waals surface area contributed by atoms with Gasteiger partial charge in [0.1, 0.15) is 0 Å². The summed E-state index contributed by atoms with van der Waals surface area (Å²) in [6.45, 7) is 1.91. The predicted molar refractivity (Wildman–Crippen MR) is 111 cm³/mol. The van der Waals surface area contributed by atoms with E-state index in [0.717, 1.165) is 5.56 Å². The molecular formula is C21H19ClN2O2S. The van der Waals surface area contributed by atoms with E-state index in [1.807, 2.05) is 36.6 Å². The molecule has 0 spiro atoms. The van der Waals surface area contributed by atoms with Crippen LogP contribution in [0, 0.1) is 0 Å². The summed E-state index contributed by atoms with van der Waals surface area (Å²) in [5.74, 6) is -0.380. The Labute approximate surface area is 167 Å². The van der Waals surface area contributed by atoms with Gasteiger partial charge in [-0.3, -0.25) is 9.59 Å². The lowest BCUT2D eigenvalue weighted by molar-refractivity contribution is 0.0940. The second-order valence-electron chi connectivity index (χ2n) is 6.11. The molecule has 138 valence electrons. The number of rotatable bonds is 5. The first-order valence-electron chi connectivity index (χ1n) is 8.44. The molecule has 3 aromatic rings. The summed E-state index contributed by atoms with van der Waals surface area (Å²) in [6.07, 6.45) is 0. The zero-order valence-electron chi connectivity index (χ0n) is 15.0. The van der Waals surface area contributed by atoms with Gasteiger partial charge in [-0.25, -0.2) is 0 Å². The van der Waals surface area contributed by atoms with Gasteiger partial charge in [-0.15, -0.1) is 11.3 Å². The summed E-state index contributed by atoms with van der Waals surface area (Å²) in [4.78, 5) is 27.6. The first-order valence-corrected chi connectivity index (χ1v) is 9.70. The number of thiophene rings is 1. The van der Waals surface area contributed by atoms with E-state index in [1.54, 1.807) is 43.4 Å². The van der Waals surface area contributed by atoms with Crippen molar-refractivity contribution in [2.24, 2.45) is 0 Å². The number of nitrogens with zero attached hydrogens (tertiary/aromatic N) is 1. The van der Waals surface area contributed by atoms with Crippen LogP contribution in [0.25, 0.3) is 0 Å². The fraction of sp³-hybridized carbons (Fsp3) is 0.143. The lowest BCUT2D eigenvalue weighted by Gasteiger charge is -2.21. The molecule has 0 aliphatic rings. The Morgan fingerprint density at radius 1 is 1.04 bits per heavy atom. The van der Waals surface area contributed by atoms with E-state index in [0.29, 0.717) is 21.2 Å². The maximum absolute atomic E-state index is 12.9. The van der Waals surface area contributed by atoms with Crippen LogP contribution < -0.4 is 10.2 Å². The van der Waals surface area contributed by atoms with Crippen LogP contribution in [0.15, 0.2) is 66.0 Å². The fourth-order valence-corrected chi connectivity index (χ4v) is 3.57. The molecule has 0 aliphatic carbocycles. The molecule has 27 heavy (non-hydrogen) atoms. The summed E-state index contributed by atoms with van der Waals surface area (Å²) >= 11 is 7.30. The van der Waals surface area contributed by atoms with Gasteiger partial charge in [0.2, 0.25) is 0 Å². The topological polar surface area (TPSA) is 49.4 Å². The summed E-state index contributed by atoms with van der Waals surface area (Å²) < 4.78 is 0. The van der Waals surface area contributed by atoms with Crippen LogP contribution in [0.5, 0.6) is 0 Å². The summed E-state index contributed by atoms with van der Waals surface area (Å²) in [6, 6.07) is 17.8. The minimum absolute atomic E-state index is 0.143. The lowest BCUT2D eigenvalue weighted by Crippen LogP contribution is -2.31. The second-order valence-corrected chi connectivity index (χ2v) is 7.49. The highest BCUT2D eigenvalue weighted by Crippen LogP contribution is 2.24. The van der Waals surface area contributed by atoms with Gasteiger partial charge < -0.3 is 10.2 Å². The zero-order chi connectivity index (χ0) is 19.4. The monoisotopic (exact) mass is 398 g/mol. The van der Waals surface area contributed by atoms with E-state index >= 15 is 0 Å². The molecule has 0 unspecified atom stereocenters. The van der Waals surface area contributed by atoms with Crippen molar-refractivity contribution in [3.63, 3.8) is 0 Å². The molecule has 3 rings (SSSR count). The van der Waals surface area contributed by atoms with Gasteiger partial charge in [-0.1, -0.05) is 41.9 Å². The molecule has 1 N–H and O–H groups in total. The number of halogens is 1. The van der Waals surface area contributed by atoms with Gasteiger partial charge in [0, 0.05) is 12.1 Å². The molecule has 2 amide bonds. The Kier molecular flexibility index (Phi) is 5.94. The number of amides is 2. The van der Waals surface area contributed by atoms with E-state index in [4.69, 9.17) is 11.6 Å². The van der Waals surface area contributed by atoms with E-state index in [2.05, 4.69) is 5.32 Å². The molecule has 1 aromatic heterocycles.